The molecule has 0 bridgehead atoms. The molecule has 0 saturated heterocycles. The number of benzene rings is 2. The maximum atomic E-state index is 3.79. The second-order valence-electron chi connectivity index (χ2n) is 3.81. The molecule has 0 unspecified atom stereocenters. The van der Waals surface area contributed by atoms with Crippen molar-refractivity contribution in [1.29, 1.82) is 0 Å². The molecule has 1 nitrogen and oxygen atoms in total. The highest BCUT2D eigenvalue weighted by molar-refractivity contribution is 6.87. The lowest BCUT2D eigenvalue weighted by Gasteiger charge is -2.16. The molecular formula is C13H17NSi2. The van der Waals surface area contributed by atoms with E-state index in [1.165, 1.54) is 10.4 Å². The molecule has 0 aromatic heterocycles. The lowest BCUT2D eigenvalue weighted by atomic mass is 10.4. The van der Waals surface area contributed by atoms with Crippen LogP contribution >= 0.6 is 0 Å². The summed E-state index contributed by atoms with van der Waals surface area (Å²) in [6.07, 6.45) is 0. The van der Waals surface area contributed by atoms with Crippen LogP contribution in [0.3, 0.4) is 0 Å². The topological polar surface area (TPSA) is 12.0 Å². The van der Waals surface area contributed by atoms with Gasteiger partial charge < -0.3 is 4.65 Å². The van der Waals surface area contributed by atoms with E-state index in [2.05, 4.69) is 71.9 Å². The first-order chi connectivity index (χ1) is 7.92. The van der Waals surface area contributed by atoms with E-state index in [-0.39, 0.29) is 9.68 Å². The maximum Gasteiger partial charge on any atom is 0.166 e. The highest BCUT2D eigenvalue weighted by Crippen LogP contribution is 1.90. The molecule has 2 rings (SSSR count). The highest BCUT2D eigenvalue weighted by atomic mass is 28.3. The Morgan fingerprint density at radius 2 is 1.25 bits per heavy atom. The van der Waals surface area contributed by atoms with Gasteiger partial charge in [-0.15, -0.1) is 0 Å². The average molecular weight is 243 g/mol. The summed E-state index contributed by atoms with van der Waals surface area (Å²) in [4.78, 5) is 0. The Bertz CT molecular complexity index is 377. The first-order valence-electron chi connectivity index (χ1n) is 5.75. The number of hydrogen-bond acceptors (Lipinski definition) is 1. The number of nitrogens with one attached hydrogen (secondary N) is 1. The fourth-order valence-corrected chi connectivity index (χ4v) is 7.04. The van der Waals surface area contributed by atoms with Crippen LogP contribution < -0.4 is 15.0 Å². The molecule has 16 heavy (non-hydrogen) atoms. The molecule has 0 radical (unpaired) electrons. The van der Waals surface area contributed by atoms with Crippen LogP contribution in [0.2, 0.25) is 6.55 Å². The van der Waals surface area contributed by atoms with Crippen LogP contribution in [0.4, 0.5) is 0 Å². The molecule has 2 aromatic carbocycles. The van der Waals surface area contributed by atoms with Crippen LogP contribution in [0.25, 0.3) is 0 Å². The van der Waals surface area contributed by atoms with Gasteiger partial charge in [-0.1, -0.05) is 67.2 Å². The monoisotopic (exact) mass is 243 g/mol. The van der Waals surface area contributed by atoms with Crippen molar-refractivity contribution in [3.8, 4) is 0 Å². The molecule has 82 valence electrons. The predicted molar refractivity (Wildman–Crippen MR) is 76.8 cm³/mol. The van der Waals surface area contributed by atoms with Crippen molar-refractivity contribution in [3.63, 3.8) is 0 Å². The molecular weight excluding hydrogens is 226 g/mol. The van der Waals surface area contributed by atoms with Crippen LogP contribution in [0.5, 0.6) is 0 Å². The normalized spacial score (nSPS) is 11.4. The Hall–Kier alpha value is -1.17. The Morgan fingerprint density at radius 3 is 1.62 bits per heavy atom. The lowest BCUT2D eigenvalue weighted by molar-refractivity contribution is 1.52. The summed E-state index contributed by atoms with van der Waals surface area (Å²) in [5.74, 6) is 0. The van der Waals surface area contributed by atoms with Crippen molar-refractivity contribution in [2.24, 2.45) is 0 Å². The third-order valence-electron chi connectivity index (χ3n) is 2.67. The fraction of sp³-hybridized carbons (Fsp3) is 0.0769. The first-order valence-corrected chi connectivity index (χ1v) is 9.60. The predicted octanol–water partition coefficient (Wildman–Crippen LogP) is 0.246. The van der Waals surface area contributed by atoms with Crippen LogP contribution in [-0.4, -0.2) is 18.6 Å². The molecule has 0 aliphatic heterocycles. The summed E-state index contributed by atoms with van der Waals surface area (Å²) in [5, 5.41) is 2.98. The standard InChI is InChI=1S/C13H17NSi2/c1-15-14-16(12-8-4-2-5-9-12)13-10-6-3-7-11-13/h2-11,14,16H,15H2,1H3. The van der Waals surface area contributed by atoms with E-state index < -0.39 is 8.96 Å². The molecule has 0 atom stereocenters. The van der Waals surface area contributed by atoms with E-state index in [4.69, 9.17) is 0 Å². The lowest BCUT2D eigenvalue weighted by Crippen LogP contribution is -2.54. The minimum Gasteiger partial charge on any atom is -0.360 e. The van der Waals surface area contributed by atoms with Gasteiger partial charge in [0.2, 0.25) is 0 Å². The van der Waals surface area contributed by atoms with Gasteiger partial charge in [0.15, 0.2) is 8.96 Å². The largest absolute Gasteiger partial charge is 0.360 e. The zero-order valence-electron chi connectivity index (χ0n) is 9.56. The summed E-state index contributed by atoms with van der Waals surface area (Å²) >= 11 is 0. The van der Waals surface area contributed by atoms with E-state index in [9.17, 15) is 0 Å². The van der Waals surface area contributed by atoms with Crippen molar-refractivity contribution < 1.29 is 0 Å². The van der Waals surface area contributed by atoms with Crippen LogP contribution in [0.15, 0.2) is 60.7 Å². The van der Waals surface area contributed by atoms with Crippen LogP contribution in [0.1, 0.15) is 0 Å². The SMILES string of the molecule is C[SiH2]N[SiH](c1ccccc1)c1ccccc1. The summed E-state index contributed by atoms with van der Waals surface area (Å²) in [7, 11) is -1.25. The highest BCUT2D eigenvalue weighted by Gasteiger charge is 2.13. The first kappa shape index (κ1) is 11.3. The zero-order valence-corrected chi connectivity index (χ0v) is 12.1. The minimum atomic E-state index is -1.14. The van der Waals surface area contributed by atoms with Gasteiger partial charge in [-0.25, -0.2) is 0 Å². The molecule has 0 aliphatic rings. The summed E-state index contributed by atoms with van der Waals surface area (Å²) < 4.78 is 3.79. The third-order valence-corrected chi connectivity index (χ3v) is 8.04. The van der Waals surface area contributed by atoms with E-state index in [0.717, 1.165) is 0 Å². The van der Waals surface area contributed by atoms with Crippen molar-refractivity contribution in [2.75, 3.05) is 0 Å². The van der Waals surface area contributed by atoms with Gasteiger partial charge in [0, 0.05) is 0 Å². The molecule has 0 heterocycles. The zero-order chi connectivity index (χ0) is 11.2. The van der Waals surface area contributed by atoms with Crippen molar-refractivity contribution in [3.05, 3.63) is 60.7 Å². The van der Waals surface area contributed by atoms with E-state index in [1.807, 2.05) is 0 Å². The van der Waals surface area contributed by atoms with E-state index in [0.29, 0.717) is 0 Å². The van der Waals surface area contributed by atoms with Gasteiger partial charge in [-0.2, -0.15) is 0 Å². The summed E-state index contributed by atoms with van der Waals surface area (Å²) in [6.45, 7) is 2.31. The quantitative estimate of drug-likeness (QED) is 0.759. The number of hydrogen-bond donors (Lipinski definition) is 1. The second kappa shape index (κ2) is 5.79. The van der Waals surface area contributed by atoms with E-state index >= 15 is 0 Å². The van der Waals surface area contributed by atoms with Gasteiger partial charge in [-0.05, 0) is 10.4 Å². The molecule has 0 saturated carbocycles. The van der Waals surface area contributed by atoms with Gasteiger partial charge >= 0.3 is 0 Å². The molecule has 2 aromatic rings. The Labute approximate surface area is 101 Å². The molecule has 0 spiro atoms. The Morgan fingerprint density at radius 1 is 0.812 bits per heavy atom. The van der Waals surface area contributed by atoms with Crippen LogP contribution in [0, 0.1) is 0 Å². The molecule has 1 N–H and O–H groups in total. The number of rotatable bonds is 4. The minimum absolute atomic E-state index is 0.109. The Balaban J connectivity index is 2.31. The Kier molecular flexibility index (Phi) is 4.10. The van der Waals surface area contributed by atoms with Crippen molar-refractivity contribution >= 4 is 29.0 Å². The van der Waals surface area contributed by atoms with Crippen LogP contribution in [-0.2, 0) is 0 Å². The van der Waals surface area contributed by atoms with Gasteiger partial charge in [0.05, 0.1) is 9.68 Å². The molecule has 0 amide bonds. The smallest absolute Gasteiger partial charge is 0.166 e. The third kappa shape index (κ3) is 2.69. The van der Waals surface area contributed by atoms with Gasteiger partial charge in [0.25, 0.3) is 0 Å². The van der Waals surface area contributed by atoms with Gasteiger partial charge in [0.1, 0.15) is 0 Å². The maximum absolute atomic E-state index is 3.79. The van der Waals surface area contributed by atoms with E-state index in [1.54, 1.807) is 0 Å². The molecule has 3 heteroatoms. The molecule has 0 fully saturated rings. The van der Waals surface area contributed by atoms with Crippen molar-refractivity contribution in [1.82, 2.24) is 4.65 Å². The fourth-order valence-electron chi connectivity index (χ4n) is 1.92. The summed E-state index contributed by atoms with van der Waals surface area (Å²) in [6, 6.07) is 21.7. The van der Waals surface area contributed by atoms with Gasteiger partial charge in [-0.3, -0.25) is 0 Å². The average Bonchev–Trinajstić information content (AvgIpc) is 2.38. The summed E-state index contributed by atoms with van der Waals surface area (Å²) in [5.41, 5.74) is 0. The van der Waals surface area contributed by atoms with Crippen molar-refractivity contribution in [2.45, 2.75) is 6.55 Å². The second-order valence-corrected chi connectivity index (χ2v) is 8.35. The molecule has 0 aliphatic carbocycles.